The maximum absolute atomic E-state index is 12.7. The van der Waals surface area contributed by atoms with Gasteiger partial charge in [-0.2, -0.15) is 0 Å². The van der Waals surface area contributed by atoms with Gasteiger partial charge in [0.2, 0.25) is 5.91 Å². The summed E-state index contributed by atoms with van der Waals surface area (Å²) in [6.07, 6.45) is 1.18. The molecule has 3 rings (SSSR count). The summed E-state index contributed by atoms with van der Waals surface area (Å²) in [5.74, 6) is 0.0587. The van der Waals surface area contributed by atoms with Crippen molar-refractivity contribution in [2.75, 3.05) is 24.7 Å². The van der Waals surface area contributed by atoms with Crippen molar-refractivity contribution in [3.8, 4) is 0 Å². The third-order valence-corrected chi connectivity index (χ3v) is 5.01. The van der Waals surface area contributed by atoms with Crippen molar-refractivity contribution in [1.82, 2.24) is 4.98 Å². The second-order valence-electron chi connectivity index (χ2n) is 5.69. The smallest absolute Gasteiger partial charge is 0.231 e. The van der Waals surface area contributed by atoms with E-state index in [1.54, 1.807) is 16.2 Å². The van der Waals surface area contributed by atoms with Gasteiger partial charge in [-0.1, -0.05) is 53.8 Å². The lowest BCUT2D eigenvalue weighted by molar-refractivity contribution is -0.119. The molecule has 4 nitrogen and oxygen atoms in total. The second kappa shape index (κ2) is 8.74. The Labute approximate surface area is 152 Å². The fraction of sp³-hybridized carbons (Fsp3) is 0.300. The molecule has 3 aromatic rings. The highest BCUT2D eigenvalue weighted by atomic mass is 32.1. The highest BCUT2D eigenvalue weighted by Gasteiger charge is 2.19. The Kier molecular flexibility index (Phi) is 6.14. The number of ether oxygens (including phenoxy) is 1. The predicted molar refractivity (Wildman–Crippen MR) is 103 cm³/mol. The molecular formula is C20H22N2O2S. The number of hydrogen-bond donors (Lipinski definition) is 0. The molecule has 0 radical (unpaired) electrons. The average molecular weight is 354 g/mol. The molecule has 25 heavy (non-hydrogen) atoms. The first kappa shape index (κ1) is 17.6. The molecule has 0 aliphatic heterocycles. The van der Waals surface area contributed by atoms with Crippen molar-refractivity contribution in [3.63, 3.8) is 0 Å². The van der Waals surface area contributed by atoms with E-state index in [4.69, 9.17) is 4.74 Å². The zero-order chi connectivity index (χ0) is 17.5. The Hall–Kier alpha value is -2.24. The normalized spacial score (nSPS) is 10.9. The second-order valence-corrected chi connectivity index (χ2v) is 6.70. The van der Waals surface area contributed by atoms with Crippen LogP contribution in [0.25, 0.3) is 10.2 Å². The van der Waals surface area contributed by atoms with Crippen LogP contribution in [0.3, 0.4) is 0 Å². The van der Waals surface area contributed by atoms with E-state index in [2.05, 4.69) is 17.1 Å². The first-order chi connectivity index (χ1) is 12.3. The van der Waals surface area contributed by atoms with Crippen molar-refractivity contribution in [2.24, 2.45) is 0 Å². The first-order valence-corrected chi connectivity index (χ1v) is 9.37. The molecule has 0 spiro atoms. The fourth-order valence-corrected chi connectivity index (χ4v) is 3.64. The SMILES string of the molecule is CCOCCC(=O)N(CCc1ccccc1)c1nc2ccccc2s1. The summed E-state index contributed by atoms with van der Waals surface area (Å²) in [6.45, 7) is 3.63. The highest BCUT2D eigenvalue weighted by Crippen LogP contribution is 2.29. The van der Waals surface area contributed by atoms with Crippen LogP contribution in [-0.2, 0) is 16.0 Å². The Morgan fingerprint density at radius 3 is 2.64 bits per heavy atom. The van der Waals surface area contributed by atoms with Crippen molar-refractivity contribution in [2.45, 2.75) is 19.8 Å². The number of carbonyl (C=O) groups excluding carboxylic acids is 1. The molecule has 0 aliphatic carbocycles. The molecule has 0 saturated heterocycles. The minimum absolute atomic E-state index is 0.0587. The number of thiazole rings is 1. The number of benzene rings is 2. The third kappa shape index (κ3) is 4.65. The van der Waals surface area contributed by atoms with Gasteiger partial charge >= 0.3 is 0 Å². The van der Waals surface area contributed by atoms with Gasteiger partial charge in [-0.05, 0) is 31.0 Å². The van der Waals surface area contributed by atoms with E-state index < -0.39 is 0 Å². The molecule has 1 aromatic heterocycles. The monoisotopic (exact) mass is 354 g/mol. The lowest BCUT2D eigenvalue weighted by Gasteiger charge is -2.20. The molecule has 0 saturated carbocycles. The van der Waals surface area contributed by atoms with Gasteiger partial charge in [-0.15, -0.1) is 0 Å². The number of para-hydroxylation sites is 1. The molecule has 1 heterocycles. The summed E-state index contributed by atoms with van der Waals surface area (Å²) in [5.41, 5.74) is 2.15. The molecule has 5 heteroatoms. The Balaban J connectivity index is 1.78. The molecule has 0 N–H and O–H groups in total. The lowest BCUT2D eigenvalue weighted by Crippen LogP contribution is -2.33. The lowest BCUT2D eigenvalue weighted by atomic mass is 10.1. The van der Waals surface area contributed by atoms with Crippen LogP contribution in [0.4, 0.5) is 5.13 Å². The number of anilines is 1. The molecule has 0 unspecified atom stereocenters. The number of rotatable bonds is 8. The van der Waals surface area contributed by atoms with Gasteiger partial charge < -0.3 is 4.74 Å². The first-order valence-electron chi connectivity index (χ1n) is 8.55. The van der Waals surface area contributed by atoms with Crippen LogP contribution in [0.1, 0.15) is 18.9 Å². The van der Waals surface area contributed by atoms with Gasteiger partial charge in [-0.25, -0.2) is 4.98 Å². The summed E-state index contributed by atoms with van der Waals surface area (Å²) in [4.78, 5) is 19.2. The van der Waals surface area contributed by atoms with Crippen LogP contribution in [0, 0.1) is 0 Å². The summed E-state index contributed by atoms with van der Waals surface area (Å²) in [5, 5.41) is 0.763. The molecule has 0 fully saturated rings. The molecule has 2 aromatic carbocycles. The number of fused-ring (bicyclic) bond motifs is 1. The standard InChI is InChI=1S/C20H22N2O2S/c1-2-24-15-13-19(23)22(14-12-16-8-4-3-5-9-16)20-21-17-10-6-7-11-18(17)25-20/h3-11H,2,12-15H2,1H3. The van der Waals surface area contributed by atoms with E-state index in [1.165, 1.54) is 5.56 Å². The maximum atomic E-state index is 12.7. The zero-order valence-corrected chi connectivity index (χ0v) is 15.2. The summed E-state index contributed by atoms with van der Waals surface area (Å²) >= 11 is 1.56. The van der Waals surface area contributed by atoms with Crippen LogP contribution >= 0.6 is 11.3 Å². The number of carbonyl (C=O) groups is 1. The quantitative estimate of drug-likeness (QED) is 0.567. The third-order valence-electron chi connectivity index (χ3n) is 3.95. The van der Waals surface area contributed by atoms with Crippen LogP contribution < -0.4 is 4.90 Å². The van der Waals surface area contributed by atoms with E-state index in [-0.39, 0.29) is 5.91 Å². The fourth-order valence-electron chi connectivity index (χ4n) is 2.63. The van der Waals surface area contributed by atoms with Gasteiger partial charge in [0.05, 0.1) is 23.2 Å². The number of nitrogens with zero attached hydrogens (tertiary/aromatic N) is 2. The molecular weight excluding hydrogens is 332 g/mol. The Morgan fingerprint density at radius 2 is 1.88 bits per heavy atom. The van der Waals surface area contributed by atoms with Crippen molar-refractivity contribution >= 4 is 32.6 Å². The maximum Gasteiger partial charge on any atom is 0.231 e. The minimum atomic E-state index is 0.0587. The van der Waals surface area contributed by atoms with Gasteiger partial charge in [0, 0.05) is 13.2 Å². The molecule has 1 amide bonds. The van der Waals surface area contributed by atoms with Crippen LogP contribution in [0.5, 0.6) is 0 Å². The van der Waals surface area contributed by atoms with E-state index in [0.29, 0.717) is 26.2 Å². The summed E-state index contributed by atoms with van der Waals surface area (Å²) < 4.78 is 6.44. The van der Waals surface area contributed by atoms with Crippen molar-refractivity contribution in [1.29, 1.82) is 0 Å². The van der Waals surface area contributed by atoms with Crippen LogP contribution in [0.2, 0.25) is 0 Å². The molecule has 0 bridgehead atoms. The molecule has 130 valence electrons. The average Bonchev–Trinajstić information content (AvgIpc) is 3.06. The van der Waals surface area contributed by atoms with E-state index in [1.807, 2.05) is 49.4 Å². The van der Waals surface area contributed by atoms with E-state index in [9.17, 15) is 4.79 Å². The Morgan fingerprint density at radius 1 is 1.12 bits per heavy atom. The van der Waals surface area contributed by atoms with Gasteiger partial charge in [-0.3, -0.25) is 9.69 Å². The van der Waals surface area contributed by atoms with E-state index in [0.717, 1.165) is 21.8 Å². The number of aromatic nitrogens is 1. The topological polar surface area (TPSA) is 42.4 Å². The molecule has 0 aliphatic rings. The number of amides is 1. The predicted octanol–water partition coefficient (Wildman–Crippen LogP) is 4.30. The summed E-state index contributed by atoms with van der Waals surface area (Å²) in [7, 11) is 0. The largest absolute Gasteiger partial charge is 0.381 e. The van der Waals surface area contributed by atoms with Gasteiger partial charge in [0.25, 0.3) is 0 Å². The molecule has 0 atom stereocenters. The van der Waals surface area contributed by atoms with Crippen LogP contribution in [0.15, 0.2) is 54.6 Å². The Bertz CT molecular complexity index is 784. The highest BCUT2D eigenvalue weighted by molar-refractivity contribution is 7.22. The minimum Gasteiger partial charge on any atom is -0.381 e. The van der Waals surface area contributed by atoms with Crippen molar-refractivity contribution in [3.05, 3.63) is 60.2 Å². The number of hydrogen-bond acceptors (Lipinski definition) is 4. The van der Waals surface area contributed by atoms with Crippen molar-refractivity contribution < 1.29 is 9.53 Å². The van der Waals surface area contributed by atoms with Gasteiger partial charge in [0.1, 0.15) is 0 Å². The van der Waals surface area contributed by atoms with E-state index >= 15 is 0 Å². The van der Waals surface area contributed by atoms with Crippen LogP contribution in [-0.4, -0.2) is 30.6 Å². The summed E-state index contributed by atoms with van der Waals surface area (Å²) in [6, 6.07) is 18.2. The zero-order valence-electron chi connectivity index (χ0n) is 14.4. The van der Waals surface area contributed by atoms with Gasteiger partial charge in [0.15, 0.2) is 5.13 Å².